The molecule has 0 bridgehead atoms. The van der Waals surface area contributed by atoms with Crippen molar-refractivity contribution in [3.05, 3.63) is 48.5 Å². The molecule has 33 heavy (non-hydrogen) atoms. The molecule has 8 nitrogen and oxygen atoms in total. The second kappa shape index (κ2) is 10.6. The zero-order chi connectivity index (χ0) is 23.2. The molecule has 1 fully saturated rings. The zero-order valence-electron chi connectivity index (χ0n) is 19.0. The van der Waals surface area contributed by atoms with Crippen molar-refractivity contribution in [3.63, 3.8) is 0 Å². The average Bonchev–Trinajstić information content (AvgIpc) is 2.87. The van der Waals surface area contributed by atoms with E-state index in [0.717, 1.165) is 48.8 Å². The molecular formula is C24H27N5O3S. The molecule has 1 aliphatic heterocycles. The Balaban J connectivity index is 1.59. The number of ether oxygens (including phenoxy) is 2. The Hall–Kier alpha value is -3.17. The highest BCUT2D eigenvalue weighted by Gasteiger charge is 2.20. The average molecular weight is 466 g/mol. The molecule has 0 aliphatic carbocycles. The van der Waals surface area contributed by atoms with E-state index >= 15 is 0 Å². The standard InChI is InChI=1S/C24H27N5O3S/c1-28-12-14-29(15-13-28)21(30)16-33-24-25-22(17-4-8-19(31-2)9-5-17)23(26-27-24)18-6-10-20(32-3)11-7-18/h4-11H,12-16H2,1-3H3. The molecule has 1 aromatic heterocycles. The van der Waals surface area contributed by atoms with E-state index in [-0.39, 0.29) is 11.7 Å². The third-order valence-corrected chi connectivity index (χ3v) is 6.40. The molecule has 3 aromatic rings. The van der Waals surface area contributed by atoms with Crippen LogP contribution in [0, 0.1) is 0 Å². The molecular weight excluding hydrogens is 438 g/mol. The summed E-state index contributed by atoms with van der Waals surface area (Å²) in [4.78, 5) is 21.5. The molecule has 0 spiro atoms. The van der Waals surface area contributed by atoms with Crippen LogP contribution in [0.1, 0.15) is 0 Å². The SMILES string of the molecule is COc1ccc(-c2nnc(SCC(=O)N3CCN(C)CC3)nc2-c2ccc(OC)cc2)cc1. The van der Waals surface area contributed by atoms with E-state index in [1.807, 2.05) is 53.4 Å². The Labute approximate surface area is 197 Å². The van der Waals surface area contributed by atoms with Crippen LogP contribution in [-0.4, -0.2) is 84.1 Å². The Morgan fingerprint density at radius 1 is 0.848 bits per heavy atom. The summed E-state index contributed by atoms with van der Waals surface area (Å²) in [7, 11) is 5.34. The van der Waals surface area contributed by atoms with Crippen LogP contribution < -0.4 is 9.47 Å². The third-order valence-electron chi connectivity index (χ3n) is 5.57. The summed E-state index contributed by atoms with van der Waals surface area (Å²) in [5.41, 5.74) is 3.14. The summed E-state index contributed by atoms with van der Waals surface area (Å²) in [6.07, 6.45) is 0. The van der Waals surface area contributed by atoms with Gasteiger partial charge in [-0.3, -0.25) is 4.79 Å². The fourth-order valence-corrected chi connectivity index (χ4v) is 4.23. The lowest BCUT2D eigenvalue weighted by atomic mass is 10.0. The predicted molar refractivity (Wildman–Crippen MR) is 129 cm³/mol. The summed E-state index contributed by atoms with van der Waals surface area (Å²) in [6.45, 7) is 3.30. The number of nitrogens with zero attached hydrogens (tertiary/aromatic N) is 5. The molecule has 0 radical (unpaired) electrons. The van der Waals surface area contributed by atoms with Crippen molar-refractivity contribution in [1.29, 1.82) is 0 Å². The van der Waals surface area contributed by atoms with Crippen molar-refractivity contribution in [2.45, 2.75) is 5.16 Å². The van der Waals surface area contributed by atoms with Crippen LogP contribution in [0.25, 0.3) is 22.5 Å². The van der Waals surface area contributed by atoms with Gasteiger partial charge in [0.05, 0.1) is 20.0 Å². The van der Waals surface area contributed by atoms with Gasteiger partial charge in [0.2, 0.25) is 11.1 Å². The number of methoxy groups -OCH3 is 2. The first-order valence-corrected chi connectivity index (χ1v) is 11.7. The maximum absolute atomic E-state index is 12.6. The van der Waals surface area contributed by atoms with E-state index in [0.29, 0.717) is 16.5 Å². The molecule has 1 amide bonds. The van der Waals surface area contributed by atoms with Crippen molar-refractivity contribution >= 4 is 17.7 Å². The third kappa shape index (κ3) is 5.61. The molecule has 1 aliphatic rings. The first kappa shape index (κ1) is 23.0. The van der Waals surface area contributed by atoms with E-state index in [4.69, 9.17) is 14.5 Å². The monoisotopic (exact) mass is 465 g/mol. The molecule has 2 heterocycles. The van der Waals surface area contributed by atoms with Gasteiger partial charge >= 0.3 is 0 Å². The van der Waals surface area contributed by atoms with Gasteiger partial charge < -0.3 is 19.3 Å². The van der Waals surface area contributed by atoms with Gasteiger partial charge in [0.25, 0.3) is 0 Å². The van der Waals surface area contributed by atoms with Gasteiger partial charge in [-0.2, -0.15) is 0 Å². The lowest BCUT2D eigenvalue weighted by molar-refractivity contribution is -0.129. The second-order valence-electron chi connectivity index (χ2n) is 7.72. The minimum absolute atomic E-state index is 0.0990. The van der Waals surface area contributed by atoms with Crippen LogP contribution in [0.15, 0.2) is 53.7 Å². The molecule has 2 aromatic carbocycles. The zero-order valence-corrected chi connectivity index (χ0v) is 19.8. The number of carbonyl (C=O) groups is 1. The van der Waals surface area contributed by atoms with Crippen molar-refractivity contribution in [2.24, 2.45) is 0 Å². The summed E-state index contributed by atoms with van der Waals surface area (Å²) >= 11 is 1.32. The summed E-state index contributed by atoms with van der Waals surface area (Å²) in [5, 5.41) is 9.27. The van der Waals surface area contributed by atoms with Crippen LogP contribution in [0.2, 0.25) is 0 Å². The number of likely N-dealkylation sites (N-methyl/N-ethyl adjacent to an activating group) is 1. The topological polar surface area (TPSA) is 80.7 Å². The molecule has 0 saturated carbocycles. The van der Waals surface area contributed by atoms with Crippen LogP contribution >= 0.6 is 11.8 Å². The van der Waals surface area contributed by atoms with E-state index in [2.05, 4.69) is 22.1 Å². The highest BCUT2D eigenvalue weighted by atomic mass is 32.2. The molecule has 9 heteroatoms. The van der Waals surface area contributed by atoms with Gasteiger partial charge in [-0.25, -0.2) is 4.98 Å². The van der Waals surface area contributed by atoms with E-state index in [1.165, 1.54) is 11.8 Å². The fourth-order valence-electron chi connectivity index (χ4n) is 3.54. The Morgan fingerprint density at radius 3 is 1.94 bits per heavy atom. The van der Waals surface area contributed by atoms with Crippen molar-refractivity contribution in [1.82, 2.24) is 25.0 Å². The first-order valence-electron chi connectivity index (χ1n) is 10.7. The number of thioether (sulfide) groups is 1. The van der Waals surface area contributed by atoms with E-state index in [9.17, 15) is 4.79 Å². The van der Waals surface area contributed by atoms with Crippen LogP contribution in [0.4, 0.5) is 0 Å². The minimum Gasteiger partial charge on any atom is -0.497 e. The van der Waals surface area contributed by atoms with Gasteiger partial charge in [-0.1, -0.05) is 11.8 Å². The molecule has 1 saturated heterocycles. The highest BCUT2D eigenvalue weighted by molar-refractivity contribution is 7.99. The fraction of sp³-hybridized carbons (Fsp3) is 0.333. The first-order chi connectivity index (χ1) is 16.1. The van der Waals surface area contributed by atoms with Gasteiger partial charge in [0, 0.05) is 37.3 Å². The molecule has 4 rings (SSSR count). The predicted octanol–water partition coefficient (Wildman–Crippen LogP) is 3.09. The van der Waals surface area contributed by atoms with Gasteiger partial charge in [0.1, 0.15) is 22.9 Å². The van der Waals surface area contributed by atoms with Crippen LogP contribution in [0.3, 0.4) is 0 Å². The number of carbonyl (C=O) groups excluding carboxylic acids is 1. The lowest BCUT2D eigenvalue weighted by Gasteiger charge is -2.32. The normalized spacial score (nSPS) is 14.2. The van der Waals surface area contributed by atoms with E-state index < -0.39 is 0 Å². The van der Waals surface area contributed by atoms with Crippen molar-refractivity contribution < 1.29 is 14.3 Å². The van der Waals surface area contributed by atoms with Crippen molar-refractivity contribution in [2.75, 3.05) is 53.2 Å². The minimum atomic E-state index is 0.0990. The quantitative estimate of drug-likeness (QED) is 0.493. The van der Waals surface area contributed by atoms with Gasteiger partial charge in [0.15, 0.2) is 0 Å². The van der Waals surface area contributed by atoms with Crippen molar-refractivity contribution in [3.8, 4) is 34.0 Å². The molecule has 172 valence electrons. The number of piperazine rings is 1. The number of hydrogen-bond donors (Lipinski definition) is 0. The summed E-state index contributed by atoms with van der Waals surface area (Å²) in [5.74, 6) is 1.91. The summed E-state index contributed by atoms with van der Waals surface area (Å²) < 4.78 is 10.6. The Kier molecular flexibility index (Phi) is 7.41. The number of hydrogen-bond acceptors (Lipinski definition) is 8. The van der Waals surface area contributed by atoms with Crippen LogP contribution in [-0.2, 0) is 4.79 Å². The maximum Gasteiger partial charge on any atom is 0.233 e. The molecule has 0 atom stereocenters. The van der Waals surface area contributed by atoms with E-state index in [1.54, 1.807) is 14.2 Å². The smallest absolute Gasteiger partial charge is 0.233 e. The largest absolute Gasteiger partial charge is 0.497 e. The van der Waals surface area contributed by atoms with Gasteiger partial charge in [-0.05, 0) is 55.6 Å². The number of amides is 1. The highest BCUT2D eigenvalue weighted by Crippen LogP contribution is 2.31. The number of rotatable bonds is 7. The molecule has 0 N–H and O–H groups in total. The second-order valence-corrected chi connectivity index (χ2v) is 8.66. The number of benzene rings is 2. The maximum atomic E-state index is 12.6. The Bertz CT molecular complexity index is 1080. The summed E-state index contributed by atoms with van der Waals surface area (Å²) in [6, 6.07) is 15.3. The lowest BCUT2D eigenvalue weighted by Crippen LogP contribution is -2.47. The number of aromatic nitrogens is 3. The molecule has 0 unspecified atom stereocenters. The Morgan fingerprint density at radius 2 is 1.39 bits per heavy atom. The van der Waals surface area contributed by atoms with Crippen LogP contribution in [0.5, 0.6) is 11.5 Å². The van der Waals surface area contributed by atoms with Gasteiger partial charge in [-0.15, -0.1) is 10.2 Å².